The van der Waals surface area contributed by atoms with Crippen molar-refractivity contribution in [1.29, 1.82) is 0 Å². The predicted molar refractivity (Wildman–Crippen MR) is 358 cm³/mol. The maximum atomic E-state index is 12.1. The second kappa shape index (κ2) is 53.7. The van der Waals surface area contributed by atoms with Gasteiger partial charge in [-0.25, -0.2) is 52.7 Å². The first-order valence-electron chi connectivity index (χ1n) is 31.5. The maximum Gasteiger partial charge on any atom is 0.326 e. The molecule has 99 heavy (non-hydrogen) atoms. The van der Waals surface area contributed by atoms with Gasteiger partial charge >= 0.3 is 89.9 Å². The molecule has 6 atom stereocenters. The first-order chi connectivity index (χ1) is 46.9. The molecule has 3 rings (SSSR count). The number of hydrogen-bond acceptors (Lipinski definition) is 15. The summed E-state index contributed by atoms with van der Waals surface area (Å²) in [6, 6.07) is 13.2. The molecule has 36 nitrogen and oxygen atoms in total. The van der Waals surface area contributed by atoms with Gasteiger partial charge in [-0.2, -0.15) is 0 Å². The van der Waals surface area contributed by atoms with Gasteiger partial charge in [-0.1, -0.05) is 81.8 Å². The standard InChI is InChI=1S/2C20H28N4O8.C19H26N4O8.2C2H6/c1-12-5-7-13(8-6-12)22-19(31)21-11-3-2-4-14(17(27)28)23-20(32)24-15(18(29)30)9-10-16(25)26;25-16(26)10-9-15(18(29)30)24-20(32)23-14(12-17(27)28)8-4-5-11-21-19(31)22-13-6-2-1-3-7-13;24-15(25)10-9-14(17(28)29)23-19(31)22-13(16(26)27)8-4-5-11-20-18(30)21-12-6-2-1-3-7-12;2*1-2/h5-8,14-15H,2-4,9-11H2,1H3,(H,25,26)(H,27,28)(H,29,30)(H2,21,22,31)(H2,23,24,32);1-3,6-7,14-15H,4-5,8-12H2,(H,25,26)(H,27,28)(H,29,30)(H2,21,22,31)(H2,23,24,32);1-3,6-7,13-14H,4-5,8-11H2,(H,24,25)(H,26,27)(H,28,29)(H2,20,21,30)(H2,22,23,31);2*1-2H3. The van der Waals surface area contributed by atoms with Crippen LogP contribution >= 0.6 is 0 Å². The zero-order valence-corrected chi connectivity index (χ0v) is 55.6. The number of rotatable bonds is 40. The quantitative estimate of drug-likeness (QED) is 0.0295. The van der Waals surface area contributed by atoms with Gasteiger partial charge in [0.2, 0.25) is 0 Å². The summed E-state index contributed by atoms with van der Waals surface area (Å²) >= 11 is 0. The smallest absolute Gasteiger partial charge is 0.326 e. The molecule has 0 saturated carbocycles. The van der Waals surface area contributed by atoms with Crippen LogP contribution in [-0.2, 0) is 43.2 Å². The molecule has 0 spiro atoms. The van der Waals surface area contributed by atoms with Crippen molar-refractivity contribution in [1.82, 2.24) is 47.9 Å². The molecule has 0 saturated heterocycles. The van der Waals surface area contributed by atoms with E-state index in [4.69, 9.17) is 35.7 Å². The van der Waals surface area contributed by atoms with Crippen molar-refractivity contribution in [2.75, 3.05) is 35.6 Å². The van der Waals surface area contributed by atoms with E-state index in [2.05, 4.69) is 63.8 Å². The van der Waals surface area contributed by atoms with Gasteiger partial charge in [0, 0.05) is 62.0 Å². The van der Waals surface area contributed by atoms with Crippen LogP contribution in [0.4, 0.5) is 45.8 Å². The Morgan fingerprint density at radius 2 is 0.566 bits per heavy atom. The number of aliphatic carboxylic acids is 9. The Hall–Kier alpha value is -11.5. The van der Waals surface area contributed by atoms with Gasteiger partial charge in [0.05, 0.1) is 6.42 Å². The van der Waals surface area contributed by atoms with E-state index in [1.165, 1.54) is 0 Å². The normalized spacial score (nSPS) is 11.8. The van der Waals surface area contributed by atoms with Crippen LogP contribution in [0.5, 0.6) is 0 Å². The third kappa shape index (κ3) is 48.0. The fourth-order valence-electron chi connectivity index (χ4n) is 7.90. The summed E-state index contributed by atoms with van der Waals surface area (Å²) in [6.45, 7) is 10.8. The van der Waals surface area contributed by atoms with E-state index < -0.39 is 139 Å². The van der Waals surface area contributed by atoms with Crippen molar-refractivity contribution in [3.63, 3.8) is 0 Å². The number of benzene rings is 3. The third-order valence-corrected chi connectivity index (χ3v) is 12.8. The lowest BCUT2D eigenvalue weighted by Crippen LogP contribution is -2.51. The van der Waals surface area contributed by atoms with E-state index in [1.54, 1.807) is 60.7 Å². The van der Waals surface area contributed by atoms with Crippen LogP contribution < -0.4 is 63.8 Å². The van der Waals surface area contributed by atoms with Crippen LogP contribution in [0.25, 0.3) is 0 Å². The van der Waals surface area contributed by atoms with Crippen LogP contribution in [0.2, 0.25) is 0 Å². The van der Waals surface area contributed by atoms with Crippen molar-refractivity contribution in [3.8, 4) is 0 Å². The molecule has 0 radical (unpaired) electrons. The first kappa shape index (κ1) is 89.6. The highest BCUT2D eigenvalue weighted by atomic mass is 16.4. The van der Waals surface area contributed by atoms with Gasteiger partial charge in [-0.15, -0.1) is 0 Å². The van der Waals surface area contributed by atoms with Crippen LogP contribution in [0.15, 0.2) is 84.9 Å². The number of carbonyl (C=O) groups excluding carboxylic acids is 6. The Morgan fingerprint density at radius 1 is 0.303 bits per heavy atom. The van der Waals surface area contributed by atoms with Crippen LogP contribution in [0, 0.1) is 6.92 Å². The van der Waals surface area contributed by atoms with Gasteiger partial charge in [0.15, 0.2) is 0 Å². The van der Waals surface area contributed by atoms with Crippen LogP contribution in [0.3, 0.4) is 0 Å². The number of anilines is 3. The van der Waals surface area contributed by atoms with Crippen molar-refractivity contribution in [3.05, 3.63) is 90.5 Å². The summed E-state index contributed by atoms with van der Waals surface area (Å²) in [5.74, 6) is -11.6. The fraction of sp³-hybridized carbons (Fsp3) is 0.476. The number of para-hydroxylation sites is 2. The lowest BCUT2D eigenvalue weighted by molar-refractivity contribution is -0.142. The molecular formula is C63H94N12O24. The molecule has 6 unspecified atom stereocenters. The lowest BCUT2D eigenvalue weighted by Gasteiger charge is -2.20. The molecule has 36 heteroatoms. The van der Waals surface area contributed by atoms with Gasteiger partial charge in [0.1, 0.15) is 30.2 Å². The Kier molecular flexibility index (Phi) is 48.6. The second-order valence-electron chi connectivity index (χ2n) is 20.6. The summed E-state index contributed by atoms with van der Waals surface area (Å²) in [6.07, 6.45) is 0.296. The molecule has 0 bridgehead atoms. The highest BCUT2D eigenvalue weighted by Gasteiger charge is 2.28. The Labute approximate surface area is 570 Å². The van der Waals surface area contributed by atoms with E-state index in [0.717, 1.165) is 5.56 Å². The van der Waals surface area contributed by atoms with Crippen LogP contribution in [0.1, 0.15) is 136 Å². The van der Waals surface area contributed by atoms with E-state index >= 15 is 0 Å². The van der Waals surface area contributed by atoms with Crippen molar-refractivity contribution >= 4 is 107 Å². The summed E-state index contributed by atoms with van der Waals surface area (Å²) in [5, 5.41) is 109. The maximum absolute atomic E-state index is 12.1. The minimum atomic E-state index is -1.46. The van der Waals surface area contributed by atoms with Crippen molar-refractivity contribution in [2.45, 2.75) is 174 Å². The minimum Gasteiger partial charge on any atom is -0.481 e. The van der Waals surface area contributed by atoms with E-state index in [1.807, 2.05) is 58.9 Å². The number of carboxylic acids is 9. The Bertz CT molecular complexity index is 3000. The van der Waals surface area contributed by atoms with Crippen molar-refractivity contribution in [2.24, 2.45) is 0 Å². The fourth-order valence-corrected chi connectivity index (χ4v) is 7.90. The van der Waals surface area contributed by atoms with E-state index in [-0.39, 0.29) is 64.1 Å². The number of unbranched alkanes of at least 4 members (excludes halogenated alkanes) is 3. The molecule has 12 amide bonds. The number of carboxylic acid groups (broad SMARTS) is 9. The molecule has 0 aliphatic rings. The Balaban J connectivity index is 0. The van der Waals surface area contributed by atoms with E-state index in [9.17, 15) is 82.1 Å². The molecule has 3 aromatic rings. The zero-order valence-electron chi connectivity index (χ0n) is 55.6. The van der Waals surface area contributed by atoms with Gasteiger partial charge < -0.3 is 110 Å². The first-order valence-corrected chi connectivity index (χ1v) is 31.5. The van der Waals surface area contributed by atoms with Gasteiger partial charge in [-0.3, -0.25) is 19.2 Å². The second-order valence-corrected chi connectivity index (χ2v) is 20.6. The number of amides is 12. The van der Waals surface area contributed by atoms with Gasteiger partial charge in [0.25, 0.3) is 0 Å². The number of aryl methyl sites for hydroxylation is 1. The molecule has 3 aromatic carbocycles. The van der Waals surface area contributed by atoms with Crippen molar-refractivity contribution < 1.29 is 118 Å². The summed E-state index contributed by atoms with van der Waals surface area (Å²) in [7, 11) is 0. The number of hydrogen-bond donors (Lipinski definition) is 21. The van der Waals surface area contributed by atoms with Crippen LogP contribution in [-0.4, -0.2) is 192 Å². The molecule has 21 N–H and O–H groups in total. The predicted octanol–water partition coefficient (Wildman–Crippen LogP) is 5.90. The number of urea groups is 6. The average molecular weight is 1400 g/mol. The molecule has 0 aromatic heterocycles. The number of carbonyl (C=O) groups is 15. The van der Waals surface area contributed by atoms with Gasteiger partial charge in [-0.05, 0) is 120 Å². The Morgan fingerprint density at radius 3 is 0.838 bits per heavy atom. The summed E-state index contributed by atoms with van der Waals surface area (Å²) < 4.78 is 0. The molecule has 0 aliphatic carbocycles. The zero-order chi connectivity index (χ0) is 75.3. The monoisotopic (exact) mass is 1400 g/mol. The third-order valence-electron chi connectivity index (χ3n) is 12.8. The number of nitrogens with one attached hydrogen (secondary N) is 12. The minimum absolute atomic E-state index is 0.0525. The lowest BCUT2D eigenvalue weighted by atomic mass is 10.1. The summed E-state index contributed by atoms with van der Waals surface area (Å²) in [4.78, 5) is 170. The highest BCUT2D eigenvalue weighted by molar-refractivity contribution is 5.91. The molecule has 550 valence electrons. The summed E-state index contributed by atoms with van der Waals surface area (Å²) in [5.41, 5.74) is 2.97. The van der Waals surface area contributed by atoms with E-state index in [0.29, 0.717) is 62.1 Å². The average Bonchev–Trinajstić information content (AvgIpc) is 0.971. The largest absolute Gasteiger partial charge is 0.481 e. The molecule has 0 fully saturated rings. The molecule has 0 heterocycles. The molecule has 0 aliphatic heterocycles. The highest BCUT2D eigenvalue weighted by Crippen LogP contribution is 2.11. The topological polar surface area (TPSA) is 582 Å². The SMILES string of the molecule is CC.CC.Cc1ccc(NC(=O)NCCCCC(NC(=O)NC(CCC(=O)O)C(=O)O)C(=O)O)cc1.O=C(O)CCC(NC(=O)NC(CCCCNC(=O)Nc1ccccc1)C(=O)O)C(=O)O.O=C(O)CCC(NC(=O)NC(CCCCNC(=O)Nc1ccccc1)CC(=O)O)C(=O)O. The molecular weight excluding hydrogens is 1310 g/mol.